The Morgan fingerprint density at radius 2 is 1.95 bits per heavy atom. The summed E-state index contributed by atoms with van der Waals surface area (Å²) in [6.45, 7) is 7.11. The summed E-state index contributed by atoms with van der Waals surface area (Å²) in [6.07, 6.45) is 0. The molecule has 0 aliphatic carbocycles. The fraction of sp³-hybridized carbons (Fsp3) is 0.438. The first-order valence-electron chi connectivity index (χ1n) is 7.38. The summed E-state index contributed by atoms with van der Waals surface area (Å²) in [6, 6.07) is 9.66. The summed E-state index contributed by atoms with van der Waals surface area (Å²) >= 11 is 0. The van der Waals surface area contributed by atoms with Gasteiger partial charge in [0.1, 0.15) is 0 Å². The van der Waals surface area contributed by atoms with Crippen molar-refractivity contribution >= 4 is 6.03 Å². The van der Waals surface area contributed by atoms with E-state index in [2.05, 4.69) is 15.5 Å². The SMILES string of the molecule is CC(C)(C)NC(=O)N1CC(c2nc(-c3ccccc3)no2)C1. The smallest absolute Gasteiger partial charge is 0.317 e. The normalized spacial score (nSPS) is 15.5. The highest BCUT2D eigenvalue weighted by Gasteiger charge is 2.36. The Hall–Kier alpha value is -2.37. The zero-order valence-electron chi connectivity index (χ0n) is 13.0. The van der Waals surface area contributed by atoms with E-state index in [1.54, 1.807) is 4.90 Å². The molecule has 1 aliphatic rings. The second kappa shape index (κ2) is 5.44. The van der Waals surface area contributed by atoms with Gasteiger partial charge in [-0.1, -0.05) is 35.5 Å². The molecule has 2 heterocycles. The van der Waals surface area contributed by atoms with Crippen LogP contribution < -0.4 is 5.32 Å². The first kappa shape index (κ1) is 14.6. The van der Waals surface area contributed by atoms with E-state index in [9.17, 15) is 4.79 Å². The van der Waals surface area contributed by atoms with E-state index in [1.807, 2.05) is 51.1 Å². The number of aromatic nitrogens is 2. The van der Waals surface area contributed by atoms with Gasteiger partial charge in [0.05, 0.1) is 5.92 Å². The second-order valence-corrected chi connectivity index (χ2v) is 6.60. The first-order chi connectivity index (χ1) is 10.4. The minimum Gasteiger partial charge on any atom is -0.339 e. The van der Waals surface area contributed by atoms with Crippen molar-refractivity contribution in [2.45, 2.75) is 32.2 Å². The van der Waals surface area contributed by atoms with Gasteiger partial charge in [0, 0.05) is 24.2 Å². The van der Waals surface area contributed by atoms with Crippen LogP contribution in [0.15, 0.2) is 34.9 Å². The second-order valence-electron chi connectivity index (χ2n) is 6.60. The van der Waals surface area contributed by atoms with Gasteiger partial charge in [0.15, 0.2) is 0 Å². The molecule has 1 aliphatic heterocycles. The number of carbonyl (C=O) groups excluding carboxylic acids is 1. The summed E-state index contributed by atoms with van der Waals surface area (Å²) in [4.78, 5) is 18.2. The fourth-order valence-electron chi connectivity index (χ4n) is 2.31. The number of likely N-dealkylation sites (tertiary alicyclic amines) is 1. The van der Waals surface area contributed by atoms with E-state index >= 15 is 0 Å². The molecule has 1 aromatic heterocycles. The molecule has 1 fully saturated rings. The monoisotopic (exact) mass is 300 g/mol. The predicted molar refractivity (Wildman–Crippen MR) is 82.3 cm³/mol. The van der Waals surface area contributed by atoms with E-state index in [4.69, 9.17) is 4.52 Å². The van der Waals surface area contributed by atoms with Crippen LogP contribution in [0.4, 0.5) is 4.79 Å². The van der Waals surface area contributed by atoms with Crippen LogP contribution >= 0.6 is 0 Å². The maximum atomic E-state index is 12.0. The van der Waals surface area contributed by atoms with Crippen molar-refractivity contribution in [3.05, 3.63) is 36.2 Å². The summed E-state index contributed by atoms with van der Waals surface area (Å²) < 4.78 is 5.33. The zero-order chi connectivity index (χ0) is 15.7. The minimum absolute atomic E-state index is 0.0495. The molecule has 3 rings (SSSR count). The van der Waals surface area contributed by atoms with Crippen LogP contribution in [-0.2, 0) is 0 Å². The lowest BCUT2D eigenvalue weighted by molar-refractivity contribution is 0.131. The van der Waals surface area contributed by atoms with E-state index in [0.717, 1.165) is 5.56 Å². The van der Waals surface area contributed by atoms with Crippen molar-refractivity contribution < 1.29 is 9.32 Å². The molecule has 6 heteroatoms. The highest BCUT2D eigenvalue weighted by atomic mass is 16.5. The van der Waals surface area contributed by atoms with Gasteiger partial charge in [0.25, 0.3) is 0 Å². The number of hydrogen-bond donors (Lipinski definition) is 1. The van der Waals surface area contributed by atoms with Gasteiger partial charge in [-0.05, 0) is 20.8 Å². The lowest BCUT2D eigenvalue weighted by atomic mass is 10.0. The number of amides is 2. The van der Waals surface area contributed by atoms with Gasteiger partial charge in [-0.25, -0.2) is 4.79 Å². The van der Waals surface area contributed by atoms with E-state index < -0.39 is 0 Å². The maximum Gasteiger partial charge on any atom is 0.317 e. The molecule has 22 heavy (non-hydrogen) atoms. The van der Waals surface area contributed by atoms with Crippen LogP contribution in [0.3, 0.4) is 0 Å². The molecule has 2 aromatic rings. The fourth-order valence-corrected chi connectivity index (χ4v) is 2.31. The van der Waals surface area contributed by atoms with Crippen LogP contribution in [0.5, 0.6) is 0 Å². The number of urea groups is 1. The lowest BCUT2D eigenvalue weighted by Gasteiger charge is -2.38. The highest BCUT2D eigenvalue weighted by molar-refractivity contribution is 5.76. The number of rotatable bonds is 2. The van der Waals surface area contributed by atoms with Gasteiger partial charge < -0.3 is 14.7 Å². The topological polar surface area (TPSA) is 71.3 Å². The number of hydrogen-bond acceptors (Lipinski definition) is 4. The minimum atomic E-state index is -0.229. The van der Waals surface area contributed by atoms with Gasteiger partial charge >= 0.3 is 6.03 Å². The van der Waals surface area contributed by atoms with Crippen LogP contribution in [-0.4, -0.2) is 39.7 Å². The van der Waals surface area contributed by atoms with Crippen molar-refractivity contribution in [2.75, 3.05) is 13.1 Å². The van der Waals surface area contributed by atoms with Gasteiger partial charge in [-0.2, -0.15) is 4.98 Å². The van der Waals surface area contributed by atoms with Crippen LogP contribution in [0.2, 0.25) is 0 Å². The number of nitrogens with one attached hydrogen (secondary N) is 1. The number of carbonyl (C=O) groups is 1. The van der Waals surface area contributed by atoms with Crippen molar-refractivity contribution in [1.29, 1.82) is 0 Å². The average Bonchev–Trinajstić information content (AvgIpc) is 2.85. The Balaban J connectivity index is 1.60. The van der Waals surface area contributed by atoms with Crippen molar-refractivity contribution in [2.24, 2.45) is 0 Å². The third-order valence-electron chi connectivity index (χ3n) is 3.47. The summed E-state index contributed by atoms with van der Waals surface area (Å²) in [7, 11) is 0. The number of nitrogens with zero attached hydrogens (tertiary/aromatic N) is 3. The largest absolute Gasteiger partial charge is 0.339 e. The standard InChI is InChI=1S/C16H20N4O2/c1-16(2,3)18-15(21)20-9-12(10-20)14-17-13(19-22-14)11-7-5-4-6-8-11/h4-8,12H,9-10H2,1-3H3,(H,18,21). The van der Waals surface area contributed by atoms with Crippen LogP contribution in [0.1, 0.15) is 32.6 Å². The van der Waals surface area contributed by atoms with Crippen molar-refractivity contribution in [1.82, 2.24) is 20.4 Å². The third-order valence-corrected chi connectivity index (χ3v) is 3.47. The number of benzene rings is 1. The molecule has 6 nitrogen and oxygen atoms in total. The molecule has 116 valence electrons. The van der Waals surface area contributed by atoms with E-state index in [1.165, 1.54) is 0 Å². The third kappa shape index (κ3) is 3.10. The van der Waals surface area contributed by atoms with Gasteiger partial charge in [0.2, 0.25) is 11.7 Å². The van der Waals surface area contributed by atoms with Crippen molar-refractivity contribution in [3.63, 3.8) is 0 Å². The Morgan fingerprint density at radius 3 is 2.59 bits per heavy atom. The molecule has 1 saturated heterocycles. The molecular weight excluding hydrogens is 280 g/mol. The van der Waals surface area contributed by atoms with Crippen LogP contribution in [0.25, 0.3) is 11.4 Å². The quantitative estimate of drug-likeness (QED) is 0.925. The Kier molecular flexibility index (Phi) is 3.60. The van der Waals surface area contributed by atoms with Gasteiger partial charge in [-0.3, -0.25) is 0 Å². The van der Waals surface area contributed by atoms with E-state index in [0.29, 0.717) is 24.8 Å². The molecule has 1 N–H and O–H groups in total. The molecule has 0 bridgehead atoms. The molecule has 2 amide bonds. The lowest BCUT2D eigenvalue weighted by Crippen LogP contribution is -2.56. The molecule has 0 spiro atoms. The Morgan fingerprint density at radius 1 is 1.27 bits per heavy atom. The predicted octanol–water partition coefficient (Wildman–Crippen LogP) is 2.64. The maximum absolute atomic E-state index is 12.0. The van der Waals surface area contributed by atoms with Gasteiger partial charge in [-0.15, -0.1) is 0 Å². The Labute approximate surface area is 129 Å². The van der Waals surface area contributed by atoms with Crippen molar-refractivity contribution in [3.8, 4) is 11.4 Å². The van der Waals surface area contributed by atoms with E-state index in [-0.39, 0.29) is 17.5 Å². The molecule has 1 aromatic carbocycles. The average molecular weight is 300 g/mol. The summed E-state index contributed by atoms with van der Waals surface area (Å²) in [5.74, 6) is 1.31. The summed E-state index contributed by atoms with van der Waals surface area (Å²) in [5, 5.41) is 6.96. The molecule has 0 radical (unpaired) electrons. The molecule has 0 atom stereocenters. The Bertz CT molecular complexity index is 654. The highest BCUT2D eigenvalue weighted by Crippen LogP contribution is 2.27. The molecule has 0 saturated carbocycles. The zero-order valence-corrected chi connectivity index (χ0v) is 13.0. The van der Waals surface area contributed by atoms with Crippen LogP contribution in [0, 0.1) is 0 Å². The first-order valence-corrected chi connectivity index (χ1v) is 7.38. The summed E-state index contributed by atoms with van der Waals surface area (Å²) in [5.41, 5.74) is 0.701. The molecule has 0 unspecified atom stereocenters. The molecular formula is C16H20N4O2.